The lowest BCUT2D eigenvalue weighted by Crippen LogP contribution is -2.10. The largest absolute Gasteiger partial charge is 0.332 e. The monoisotopic (exact) mass is 217 g/mol. The molecule has 1 nitrogen and oxygen atoms in total. The predicted molar refractivity (Wildman–Crippen MR) is 65.6 cm³/mol. The molecule has 1 fully saturated rings. The molecule has 0 radical (unpaired) electrons. The van der Waals surface area contributed by atoms with E-state index >= 15 is 0 Å². The fourth-order valence-electron chi connectivity index (χ4n) is 1.64. The van der Waals surface area contributed by atoms with Gasteiger partial charge >= 0.3 is 7.80 Å². The second-order valence-corrected chi connectivity index (χ2v) is 6.08. The van der Waals surface area contributed by atoms with E-state index in [0.717, 1.165) is 5.92 Å². The molecule has 0 aromatic rings. The molecule has 84 valence electrons. The Morgan fingerprint density at radius 2 is 1.71 bits per heavy atom. The Bertz CT molecular complexity index is 137. The van der Waals surface area contributed by atoms with Crippen LogP contribution in [0.2, 0.25) is 0 Å². The Kier molecular flexibility index (Phi) is 9.72. The molecule has 0 aromatic carbocycles. The molecule has 0 aliphatic heterocycles. The molecule has 0 heterocycles. The zero-order valence-corrected chi connectivity index (χ0v) is 11.0. The average Bonchev–Trinajstić information content (AvgIpc) is 2.00. The summed E-state index contributed by atoms with van der Waals surface area (Å²) in [7, 11) is -0.870. The smallest absolute Gasteiger partial charge is 0.0755 e. The Labute approximate surface area is 90.5 Å². The van der Waals surface area contributed by atoms with Crippen molar-refractivity contribution in [3.8, 4) is 0 Å². The molecular formula is C12H26OP+. The van der Waals surface area contributed by atoms with E-state index in [1.54, 1.807) is 13.3 Å². The lowest BCUT2D eigenvalue weighted by Gasteiger charge is -2.24. The molecule has 0 unspecified atom stereocenters. The highest BCUT2D eigenvalue weighted by molar-refractivity contribution is 7.42. The standard InChI is InChI=1S/C10H20.C2H6OP/c1-2-3-4-5-7-10-8-6-9-10;1-4(2)3/h10H,2-9H2,1H3;1-2H3/q;+1. The highest BCUT2D eigenvalue weighted by Gasteiger charge is 2.15. The molecule has 1 saturated carbocycles. The van der Waals surface area contributed by atoms with Gasteiger partial charge in [0.1, 0.15) is 13.3 Å². The van der Waals surface area contributed by atoms with Crippen LogP contribution in [-0.4, -0.2) is 13.3 Å². The van der Waals surface area contributed by atoms with Crippen molar-refractivity contribution in [2.75, 3.05) is 13.3 Å². The van der Waals surface area contributed by atoms with Gasteiger partial charge < -0.3 is 0 Å². The van der Waals surface area contributed by atoms with E-state index in [2.05, 4.69) is 6.92 Å². The molecule has 0 spiro atoms. The van der Waals surface area contributed by atoms with Crippen LogP contribution >= 0.6 is 7.80 Å². The summed E-state index contributed by atoms with van der Waals surface area (Å²) >= 11 is 0. The summed E-state index contributed by atoms with van der Waals surface area (Å²) < 4.78 is 9.59. The summed E-state index contributed by atoms with van der Waals surface area (Å²) in [5, 5.41) is 0. The molecule has 14 heavy (non-hydrogen) atoms. The van der Waals surface area contributed by atoms with Crippen molar-refractivity contribution in [3.05, 3.63) is 0 Å². The van der Waals surface area contributed by atoms with Crippen LogP contribution in [0.15, 0.2) is 0 Å². The number of hydrogen-bond acceptors (Lipinski definition) is 1. The molecule has 0 aromatic heterocycles. The summed E-state index contributed by atoms with van der Waals surface area (Å²) in [4.78, 5) is 0. The third-order valence-electron chi connectivity index (χ3n) is 2.69. The SMILES string of the molecule is CCCCCCC1CCC1.C[P+](C)=O. The van der Waals surface area contributed by atoms with E-state index in [9.17, 15) is 4.57 Å². The van der Waals surface area contributed by atoms with Gasteiger partial charge in [0.2, 0.25) is 0 Å². The van der Waals surface area contributed by atoms with Gasteiger partial charge in [-0.05, 0) is 5.92 Å². The van der Waals surface area contributed by atoms with Crippen molar-refractivity contribution in [1.29, 1.82) is 0 Å². The Morgan fingerprint density at radius 1 is 1.14 bits per heavy atom. The first-order valence-corrected chi connectivity index (χ1v) is 8.16. The Morgan fingerprint density at radius 3 is 2.07 bits per heavy atom. The predicted octanol–water partition coefficient (Wildman–Crippen LogP) is 4.83. The van der Waals surface area contributed by atoms with Gasteiger partial charge in [-0.3, -0.25) is 0 Å². The minimum atomic E-state index is -0.870. The van der Waals surface area contributed by atoms with Crippen molar-refractivity contribution in [1.82, 2.24) is 0 Å². The minimum Gasteiger partial charge on any atom is -0.0755 e. The van der Waals surface area contributed by atoms with E-state index in [4.69, 9.17) is 0 Å². The van der Waals surface area contributed by atoms with Crippen molar-refractivity contribution in [3.63, 3.8) is 0 Å². The highest BCUT2D eigenvalue weighted by atomic mass is 31.1. The van der Waals surface area contributed by atoms with E-state index < -0.39 is 7.80 Å². The van der Waals surface area contributed by atoms with Crippen LogP contribution in [0, 0.1) is 5.92 Å². The second kappa shape index (κ2) is 9.65. The summed E-state index contributed by atoms with van der Waals surface area (Å²) in [6.45, 7) is 5.63. The van der Waals surface area contributed by atoms with Gasteiger partial charge in [-0.25, -0.2) is 0 Å². The normalized spacial score (nSPS) is 15.4. The van der Waals surface area contributed by atoms with E-state index in [0.29, 0.717) is 0 Å². The summed E-state index contributed by atoms with van der Waals surface area (Å²) in [6, 6.07) is 0. The second-order valence-electron chi connectivity index (χ2n) is 4.46. The number of unbranched alkanes of at least 4 members (excludes halogenated alkanes) is 3. The van der Waals surface area contributed by atoms with Crippen LogP contribution in [0.1, 0.15) is 58.3 Å². The van der Waals surface area contributed by atoms with Crippen molar-refractivity contribution in [2.24, 2.45) is 5.92 Å². The van der Waals surface area contributed by atoms with Gasteiger partial charge in [-0.1, -0.05) is 62.9 Å². The van der Waals surface area contributed by atoms with Crippen LogP contribution < -0.4 is 0 Å². The quantitative estimate of drug-likeness (QED) is 0.476. The summed E-state index contributed by atoms with van der Waals surface area (Å²) in [6.07, 6.45) is 11.9. The van der Waals surface area contributed by atoms with Gasteiger partial charge in [-0.2, -0.15) is 0 Å². The lowest BCUT2D eigenvalue weighted by atomic mass is 9.82. The molecule has 0 N–H and O–H groups in total. The third kappa shape index (κ3) is 10.2. The van der Waals surface area contributed by atoms with Gasteiger partial charge in [0.25, 0.3) is 0 Å². The van der Waals surface area contributed by atoms with Crippen LogP contribution in [0.3, 0.4) is 0 Å². The maximum Gasteiger partial charge on any atom is 0.332 e. The Hall–Kier alpha value is 0.100. The van der Waals surface area contributed by atoms with E-state index in [1.807, 2.05) is 0 Å². The molecule has 2 heteroatoms. The molecule has 1 aliphatic rings. The first kappa shape index (κ1) is 14.1. The maximum absolute atomic E-state index is 9.59. The summed E-state index contributed by atoms with van der Waals surface area (Å²) in [5.74, 6) is 1.14. The first-order valence-electron chi connectivity index (χ1n) is 6.01. The van der Waals surface area contributed by atoms with Crippen molar-refractivity contribution in [2.45, 2.75) is 58.3 Å². The van der Waals surface area contributed by atoms with Gasteiger partial charge in [0.05, 0.1) is 0 Å². The van der Waals surface area contributed by atoms with Crippen LogP contribution in [-0.2, 0) is 4.57 Å². The summed E-state index contributed by atoms with van der Waals surface area (Å²) in [5.41, 5.74) is 0. The van der Waals surface area contributed by atoms with E-state index in [1.165, 1.54) is 51.4 Å². The maximum atomic E-state index is 9.59. The van der Waals surface area contributed by atoms with E-state index in [-0.39, 0.29) is 0 Å². The zero-order valence-electron chi connectivity index (χ0n) is 10.1. The van der Waals surface area contributed by atoms with Gasteiger partial charge in [-0.15, -0.1) is 0 Å². The number of hydrogen-bond donors (Lipinski definition) is 0. The minimum absolute atomic E-state index is 0.870. The van der Waals surface area contributed by atoms with Gasteiger partial charge in [0.15, 0.2) is 0 Å². The van der Waals surface area contributed by atoms with Crippen molar-refractivity contribution < 1.29 is 4.57 Å². The Balaban J connectivity index is 0.000000364. The lowest BCUT2D eigenvalue weighted by molar-refractivity contribution is 0.286. The van der Waals surface area contributed by atoms with Gasteiger partial charge in [0, 0.05) is 0 Å². The number of rotatable bonds is 5. The molecule has 1 aliphatic carbocycles. The van der Waals surface area contributed by atoms with Crippen LogP contribution in [0.5, 0.6) is 0 Å². The topological polar surface area (TPSA) is 17.1 Å². The molecular weight excluding hydrogens is 191 g/mol. The molecule has 0 atom stereocenters. The fraction of sp³-hybridized carbons (Fsp3) is 1.00. The molecule has 1 rings (SSSR count). The van der Waals surface area contributed by atoms with Crippen LogP contribution in [0.4, 0.5) is 0 Å². The molecule has 0 bridgehead atoms. The van der Waals surface area contributed by atoms with Crippen LogP contribution in [0.25, 0.3) is 0 Å². The average molecular weight is 217 g/mol. The third-order valence-corrected chi connectivity index (χ3v) is 2.69. The molecule has 0 amide bonds. The zero-order chi connectivity index (χ0) is 10.8. The first-order chi connectivity index (χ1) is 6.66. The molecule has 0 saturated heterocycles. The van der Waals surface area contributed by atoms with Crippen molar-refractivity contribution >= 4 is 7.80 Å². The highest BCUT2D eigenvalue weighted by Crippen LogP contribution is 2.30. The fourth-order valence-corrected chi connectivity index (χ4v) is 1.64.